The number of hydrogen-bond acceptors (Lipinski definition) is 3. The van der Waals surface area contributed by atoms with Crippen molar-refractivity contribution in [3.8, 4) is 0 Å². The molecule has 1 aromatic carbocycles. The molecular weight excluding hydrogens is 186 g/mol. The van der Waals surface area contributed by atoms with Crippen molar-refractivity contribution < 1.29 is 0 Å². The van der Waals surface area contributed by atoms with Gasteiger partial charge in [0.15, 0.2) is 5.96 Å². The van der Waals surface area contributed by atoms with Crippen LogP contribution in [0.3, 0.4) is 0 Å². The van der Waals surface area contributed by atoms with Gasteiger partial charge in [0.2, 0.25) is 0 Å². The maximum atomic E-state index is 4.34. The summed E-state index contributed by atoms with van der Waals surface area (Å²) in [6, 6.07) is 11.3. The van der Waals surface area contributed by atoms with Gasteiger partial charge in [-0.2, -0.15) is 0 Å². The van der Waals surface area contributed by atoms with E-state index in [1.54, 1.807) is 0 Å². The van der Waals surface area contributed by atoms with Gasteiger partial charge in [-0.05, 0) is 12.0 Å². The van der Waals surface area contributed by atoms with Gasteiger partial charge in [-0.15, -0.1) is 0 Å². The highest BCUT2D eigenvalue weighted by Crippen LogP contribution is 2.40. The number of hydrogen-bond donors (Lipinski definition) is 2. The maximum Gasteiger partial charge on any atom is 0.191 e. The Morgan fingerprint density at radius 3 is 2.87 bits per heavy atom. The Morgan fingerprint density at radius 2 is 2.13 bits per heavy atom. The molecule has 0 saturated heterocycles. The second-order valence-corrected chi connectivity index (χ2v) is 4.16. The molecule has 3 nitrogen and oxygen atoms in total. The Balaban J connectivity index is 1.60. The minimum atomic E-state index is 0.580. The lowest BCUT2D eigenvalue weighted by Crippen LogP contribution is -2.35. The number of aliphatic imine (C=N–C) groups is 1. The number of rotatable bonds is 2. The minimum absolute atomic E-state index is 0.580. The van der Waals surface area contributed by atoms with Crippen molar-refractivity contribution in [3.05, 3.63) is 35.9 Å². The van der Waals surface area contributed by atoms with Gasteiger partial charge >= 0.3 is 0 Å². The van der Waals surface area contributed by atoms with Gasteiger partial charge in [0.25, 0.3) is 0 Å². The molecule has 1 aliphatic heterocycles. The van der Waals surface area contributed by atoms with Gasteiger partial charge in [0, 0.05) is 18.5 Å². The van der Waals surface area contributed by atoms with E-state index < -0.39 is 0 Å². The van der Waals surface area contributed by atoms with E-state index in [-0.39, 0.29) is 0 Å². The van der Waals surface area contributed by atoms with Crippen LogP contribution in [0.5, 0.6) is 0 Å². The van der Waals surface area contributed by atoms with E-state index in [9.17, 15) is 0 Å². The molecule has 1 fully saturated rings. The summed E-state index contributed by atoms with van der Waals surface area (Å²) in [6.07, 6.45) is 1.23. The molecule has 1 saturated carbocycles. The minimum Gasteiger partial charge on any atom is -0.355 e. The summed E-state index contributed by atoms with van der Waals surface area (Å²) in [7, 11) is 0. The van der Waals surface area contributed by atoms with E-state index in [0.29, 0.717) is 12.0 Å². The van der Waals surface area contributed by atoms with Crippen molar-refractivity contribution in [1.29, 1.82) is 0 Å². The zero-order chi connectivity index (χ0) is 10.1. The highest BCUT2D eigenvalue weighted by molar-refractivity contribution is 5.82. The normalized spacial score (nSPS) is 28.1. The van der Waals surface area contributed by atoms with Crippen LogP contribution < -0.4 is 10.6 Å². The molecule has 0 bridgehead atoms. The van der Waals surface area contributed by atoms with Gasteiger partial charge in [-0.1, -0.05) is 30.3 Å². The fourth-order valence-electron chi connectivity index (χ4n) is 2.09. The predicted octanol–water partition coefficient (Wildman–Crippen LogP) is 1.09. The third kappa shape index (κ3) is 1.82. The molecule has 2 atom stereocenters. The van der Waals surface area contributed by atoms with E-state index in [1.165, 1.54) is 12.0 Å². The topological polar surface area (TPSA) is 36.4 Å². The first-order valence-electron chi connectivity index (χ1n) is 5.53. The van der Waals surface area contributed by atoms with Crippen LogP contribution in [0.1, 0.15) is 17.9 Å². The van der Waals surface area contributed by atoms with Crippen molar-refractivity contribution in [2.24, 2.45) is 4.99 Å². The largest absolute Gasteiger partial charge is 0.355 e. The first-order chi connectivity index (χ1) is 7.43. The summed E-state index contributed by atoms with van der Waals surface area (Å²) in [6.45, 7) is 1.89. The lowest BCUT2D eigenvalue weighted by Gasteiger charge is -2.05. The van der Waals surface area contributed by atoms with Gasteiger partial charge in [-0.25, -0.2) is 0 Å². The molecule has 1 aliphatic carbocycles. The van der Waals surface area contributed by atoms with Gasteiger partial charge in [0.05, 0.1) is 6.54 Å². The van der Waals surface area contributed by atoms with Gasteiger partial charge < -0.3 is 10.6 Å². The van der Waals surface area contributed by atoms with Crippen molar-refractivity contribution >= 4 is 5.96 Å². The molecule has 0 radical (unpaired) electrons. The Labute approximate surface area is 89.6 Å². The molecule has 2 N–H and O–H groups in total. The van der Waals surface area contributed by atoms with Crippen LogP contribution in [0.4, 0.5) is 0 Å². The van der Waals surface area contributed by atoms with Crippen molar-refractivity contribution in [1.82, 2.24) is 10.6 Å². The molecule has 0 spiro atoms. The van der Waals surface area contributed by atoms with E-state index in [2.05, 4.69) is 46.0 Å². The molecule has 3 heteroatoms. The van der Waals surface area contributed by atoms with Crippen molar-refractivity contribution in [2.45, 2.75) is 18.4 Å². The lowest BCUT2D eigenvalue weighted by atomic mass is 10.1. The quantitative estimate of drug-likeness (QED) is 0.751. The van der Waals surface area contributed by atoms with Crippen molar-refractivity contribution in [2.75, 3.05) is 13.1 Å². The Bertz CT molecular complexity index is 372. The van der Waals surface area contributed by atoms with Crippen LogP contribution in [0.25, 0.3) is 0 Å². The molecular formula is C12H15N3. The molecule has 15 heavy (non-hydrogen) atoms. The first-order valence-corrected chi connectivity index (χ1v) is 5.53. The summed E-state index contributed by atoms with van der Waals surface area (Å²) in [5.41, 5.74) is 1.44. The molecule has 0 amide bonds. The molecule has 2 unspecified atom stereocenters. The van der Waals surface area contributed by atoms with E-state index >= 15 is 0 Å². The highest BCUT2D eigenvalue weighted by Gasteiger charge is 2.39. The van der Waals surface area contributed by atoms with Gasteiger partial charge in [-0.3, -0.25) is 4.99 Å². The van der Waals surface area contributed by atoms with E-state index in [0.717, 1.165) is 19.0 Å². The van der Waals surface area contributed by atoms with Crippen LogP contribution in [0, 0.1) is 0 Å². The fraction of sp³-hybridized carbons (Fsp3) is 0.417. The predicted molar refractivity (Wildman–Crippen MR) is 61.0 cm³/mol. The lowest BCUT2D eigenvalue weighted by molar-refractivity contribution is 0.835. The summed E-state index contributed by atoms with van der Waals surface area (Å²) in [5.74, 6) is 1.66. The highest BCUT2D eigenvalue weighted by atomic mass is 15.2. The van der Waals surface area contributed by atoms with Crippen molar-refractivity contribution in [3.63, 3.8) is 0 Å². The Kier molecular flexibility index (Phi) is 2.09. The Morgan fingerprint density at radius 1 is 1.27 bits per heavy atom. The van der Waals surface area contributed by atoms with E-state index in [4.69, 9.17) is 0 Å². The summed E-state index contributed by atoms with van der Waals surface area (Å²) in [4.78, 5) is 4.34. The third-order valence-electron chi connectivity index (χ3n) is 3.01. The number of nitrogens with zero attached hydrogens (tertiary/aromatic N) is 1. The van der Waals surface area contributed by atoms with Crippen LogP contribution in [-0.2, 0) is 0 Å². The maximum absolute atomic E-state index is 4.34. The average molecular weight is 201 g/mol. The second-order valence-electron chi connectivity index (χ2n) is 4.16. The smallest absolute Gasteiger partial charge is 0.191 e. The molecule has 0 aromatic heterocycles. The molecule has 1 aromatic rings. The molecule has 3 rings (SSSR count). The fourth-order valence-corrected chi connectivity index (χ4v) is 2.09. The SMILES string of the molecule is c1ccc(C2CC2NC2=NCCN2)cc1. The second kappa shape index (κ2) is 3.57. The first kappa shape index (κ1) is 8.77. The number of nitrogens with one attached hydrogen (secondary N) is 2. The monoisotopic (exact) mass is 201 g/mol. The zero-order valence-electron chi connectivity index (χ0n) is 8.61. The zero-order valence-corrected chi connectivity index (χ0v) is 8.61. The molecule has 78 valence electrons. The summed E-state index contributed by atoms with van der Waals surface area (Å²) < 4.78 is 0. The molecule has 1 heterocycles. The van der Waals surface area contributed by atoms with Crippen LogP contribution in [0.15, 0.2) is 35.3 Å². The number of guanidine groups is 1. The third-order valence-corrected chi connectivity index (χ3v) is 3.01. The van der Waals surface area contributed by atoms with Crippen LogP contribution in [-0.4, -0.2) is 25.1 Å². The van der Waals surface area contributed by atoms with Gasteiger partial charge in [0.1, 0.15) is 0 Å². The standard InChI is InChI=1S/C12H15N3/c1-2-4-9(5-3-1)10-8-11(10)15-12-13-6-7-14-12/h1-5,10-11H,6-8H2,(H2,13,14,15). The number of benzene rings is 1. The van der Waals surface area contributed by atoms with E-state index in [1.807, 2.05) is 0 Å². The molecule has 2 aliphatic rings. The van der Waals surface area contributed by atoms with Crippen LogP contribution in [0.2, 0.25) is 0 Å². The summed E-state index contributed by atoms with van der Waals surface area (Å²) >= 11 is 0. The average Bonchev–Trinajstić information content (AvgIpc) is 2.84. The van der Waals surface area contributed by atoms with Crippen LogP contribution >= 0.6 is 0 Å². The Hall–Kier alpha value is -1.51. The summed E-state index contributed by atoms with van der Waals surface area (Å²) in [5, 5.41) is 6.68.